The molecule has 19 heavy (non-hydrogen) atoms. The van der Waals surface area contributed by atoms with Gasteiger partial charge in [0.2, 0.25) is 5.16 Å². The number of nitrogens with zero attached hydrogens (tertiary/aromatic N) is 2. The number of halogens is 1. The highest BCUT2D eigenvalue weighted by Gasteiger charge is 2.17. The van der Waals surface area contributed by atoms with Crippen LogP contribution in [0.5, 0.6) is 0 Å². The number of aromatic amines is 1. The van der Waals surface area contributed by atoms with Crippen LogP contribution in [-0.2, 0) is 9.53 Å². The van der Waals surface area contributed by atoms with E-state index in [1.54, 1.807) is 19.1 Å². The normalized spacial score (nSPS) is 12.2. The molecule has 0 radical (unpaired) electrons. The molecule has 0 amide bonds. The Bertz CT molecular complexity index is 571. The summed E-state index contributed by atoms with van der Waals surface area (Å²) in [5, 5.41) is 7.70. The Labute approximate surface area is 119 Å². The summed E-state index contributed by atoms with van der Waals surface area (Å²) in [6.45, 7) is 1.74. The first-order valence-corrected chi connectivity index (χ1v) is 6.78. The van der Waals surface area contributed by atoms with Gasteiger partial charge in [0, 0.05) is 10.6 Å². The highest BCUT2D eigenvalue weighted by atomic mass is 35.5. The zero-order valence-corrected chi connectivity index (χ0v) is 12.0. The second-order valence-corrected chi connectivity index (χ2v) is 5.50. The first-order valence-electron chi connectivity index (χ1n) is 5.53. The van der Waals surface area contributed by atoms with Crippen LogP contribution < -0.4 is 0 Å². The van der Waals surface area contributed by atoms with Gasteiger partial charge in [0.05, 0.1) is 7.11 Å². The standard InChI is InChI=1S/C12H12ClN3O2S/c1-7(11(17)18-2)19-12-14-10(15-16-12)8-3-5-9(13)6-4-8/h3-7H,1-2H3,(H,14,15,16). The molecule has 0 fully saturated rings. The molecule has 0 saturated heterocycles. The number of carbonyl (C=O) groups is 1. The van der Waals surface area contributed by atoms with Gasteiger partial charge in [0.1, 0.15) is 5.25 Å². The number of nitrogens with one attached hydrogen (secondary N) is 1. The summed E-state index contributed by atoms with van der Waals surface area (Å²) in [5.74, 6) is 0.332. The minimum atomic E-state index is -0.348. The average Bonchev–Trinajstić information content (AvgIpc) is 2.87. The Balaban J connectivity index is 2.11. The number of esters is 1. The van der Waals surface area contributed by atoms with Crippen molar-refractivity contribution in [2.24, 2.45) is 0 Å². The van der Waals surface area contributed by atoms with Crippen LogP contribution in [0.25, 0.3) is 11.4 Å². The van der Waals surface area contributed by atoms with Crippen molar-refractivity contribution in [3.05, 3.63) is 29.3 Å². The van der Waals surface area contributed by atoms with E-state index in [-0.39, 0.29) is 11.2 Å². The molecule has 2 aromatic rings. The Morgan fingerprint density at radius 2 is 2.11 bits per heavy atom. The molecule has 0 aliphatic heterocycles. The van der Waals surface area contributed by atoms with Gasteiger partial charge in [-0.1, -0.05) is 23.4 Å². The van der Waals surface area contributed by atoms with Crippen molar-refractivity contribution in [3.63, 3.8) is 0 Å². The predicted molar refractivity (Wildman–Crippen MR) is 74.2 cm³/mol. The van der Waals surface area contributed by atoms with Gasteiger partial charge < -0.3 is 4.74 Å². The number of carbonyl (C=O) groups excluding carboxylic acids is 1. The number of ether oxygens (including phenoxy) is 1. The molecular weight excluding hydrogens is 286 g/mol. The van der Waals surface area contributed by atoms with Gasteiger partial charge >= 0.3 is 5.97 Å². The highest BCUT2D eigenvalue weighted by molar-refractivity contribution is 8.00. The number of H-pyrrole nitrogens is 1. The maximum atomic E-state index is 11.3. The molecule has 0 bridgehead atoms. The second-order valence-electron chi connectivity index (χ2n) is 3.76. The summed E-state index contributed by atoms with van der Waals surface area (Å²) in [6.07, 6.45) is 0. The Kier molecular flexibility index (Phi) is 4.44. The smallest absolute Gasteiger partial charge is 0.318 e. The van der Waals surface area contributed by atoms with Crippen molar-refractivity contribution in [2.75, 3.05) is 7.11 Å². The molecule has 1 N–H and O–H groups in total. The summed E-state index contributed by atoms with van der Waals surface area (Å²) in [4.78, 5) is 15.6. The second kappa shape index (κ2) is 6.08. The van der Waals surface area contributed by atoms with Crippen molar-refractivity contribution in [1.29, 1.82) is 0 Å². The first-order chi connectivity index (χ1) is 9.10. The van der Waals surface area contributed by atoms with Crippen LogP contribution in [0.2, 0.25) is 5.02 Å². The summed E-state index contributed by atoms with van der Waals surface area (Å²) in [7, 11) is 1.36. The number of thioether (sulfide) groups is 1. The molecule has 0 saturated carbocycles. The zero-order chi connectivity index (χ0) is 13.8. The fourth-order valence-corrected chi connectivity index (χ4v) is 2.29. The van der Waals surface area contributed by atoms with Crippen molar-refractivity contribution in [1.82, 2.24) is 15.2 Å². The van der Waals surface area contributed by atoms with Crippen LogP contribution in [-0.4, -0.2) is 33.5 Å². The molecule has 1 unspecified atom stereocenters. The van der Waals surface area contributed by atoms with Gasteiger partial charge in [-0.25, -0.2) is 4.98 Å². The molecular formula is C12H12ClN3O2S. The van der Waals surface area contributed by atoms with Crippen molar-refractivity contribution in [3.8, 4) is 11.4 Å². The molecule has 1 aromatic heterocycles. The lowest BCUT2D eigenvalue weighted by atomic mass is 10.2. The molecule has 2 rings (SSSR count). The molecule has 1 atom stereocenters. The van der Waals surface area contributed by atoms with Crippen molar-refractivity contribution in [2.45, 2.75) is 17.3 Å². The molecule has 100 valence electrons. The highest BCUT2D eigenvalue weighted by Crippen LogP contribution is 2.23. The number of hydrogen-bond acceptors (Lipinski definition) is 5. The SMILES string of the molecule is COC(=O)C(C)Sc1n[nH]c(-c2ccc(Cl)cc2)n1. The Morgan fingerprint density at radius 3 is 2.74 bits per heavy atom. The third-order valence-corrected chi connectivity index (χ3v) is 3.59. The lowest BCUT2D eigenvalue weighted by molar-refractivity contribution is -0.139. The third-order valence-electron chi connectivity index (χ3n) is 2.40. The molecule has 5 nitrogen and oxygen atoms in total. The van der Waals surface area contributed by atoms with Crippen LogP contribution in [0, 0.1) is 0 Å². The molecule has 7 heteroatoms. The van der Waals surface area contributed by atoms with Crippen molar-refractivity contribution < 1.29 is 9.53 Å². The molecule has 0 spiro atoms. The van der Waals surface area contributed by atoms with E-state index in [9.17, 15) is 4.79 Å². The first kappa shape index (κ1) is 13.9. The number of benzene rings is 1. The zero-order valence-electron chi connectivity index (χ0n) is 10.4. The monoisotopic (exact) mass is 297 g/mol. The van der Waals surface area contributed by atoms with E-state index in [2.05, 4.69) is 19.9 Å². The van der Waals surface area contributed by atoms with Crippen LogP contribution in [0.4, 0.5) is 0 Å². The van der Waals surface area contributed by atoms with E-state index in [0.717, 1.165) is 5.56 Å². The number of aromatic nitrogens is 3. The number of hydrogen-bond donors (Lipinski definition) is 1. The Hall–Kier alpha value is -1.53. The van der Waals surface area contributed by atoms with Gasteiger partial charge in [0.15, 0.2) is 5.82 Å². The fourth-order valence-electron chi connectivity index (χ4n) is 1.41. The van der Waals surface area contributed by atoms with Gasteiger partial charge in [-0.05, 0) is 31.2 Å². The predicted octanol–water partition coefficient (Wildman–Crippen LogP) is 2.78. The molecule has 1 aromatic carbocycles. The van der Waals surface area contributed by atoms with E-state index < -0.39 is 0 Å². The molecule has 1 heterocycles. The topological polar surface area (TPSA) is 67.9 Å². The van der Waals surface area contributed by atoms with Crippen LogP contribution in [0.3, 0.4) is 0 Å². The van der Waals surface area contributed by atoms with Crippen LogP contribution >= 0.6 is 23.4 Å². The summed E-state index contributed by atoms with van der Waals surface area (Å²) >= 11 is 7.06. The van der Waals surface area contributed by atoms with Crippen molar-refractivity contribution >= 4 is 29.3 Å². The van der Waals surface area contributed by atoms with E-state index in [0.29, 0.717) is 16.0 Å². The van der Waals surface area contributed by atoms with E-state index >= 15 is 0 Å². The number of rotatable bonds is 4. The molecule has 0 aliphatic carbocycles. The van der Waals surface area contributed by atoms with E-state index in [4.69, 9.17) is 11.6 Å². The van der Waals surface area contributed by atoms with E-state index in [1.807, 2.05) is 12.1 Å². The Morgan fingerprint density at radius 1 is 1.42 bits per heavy atom. The maximum absolute atomic E-state index is 11.3. The van der Waals surface area contributed by atoms with Gasteiger partial charge in [-0.3, -0.25) is 9.89 Å². The average molecular weight is 298 g/mol. The minimum absolute atomic E-state index is 0.303. The third kappa shape index (κ3) is 3.48. The maximum Gasteiger partial charge on any atom is 0.318 e. The van der Waals surface area contributed by atoms with Crippen LogP contribution in [0.1, 0.15) is 6.92 Å². The fraction of sp³-hybridized carbons (Fsp3) is 0.250. The van der Waals surface area contributed by atoms with Gasteiger partial charge in [-0.15, -0.1) is 5.10 Å². The summed E-state index contributed by atoms with van der Waals surface area (Å²) < 4.78 is 4.65. The van der Waals surface area contributed by atoms with Gasteiger partial charge in [-0.2, -0.15) is 0 Å². The summed E-state index contributed by atoms with van der Waals surface area (Å²) in [5.41, 5.74) is 0.884. The quantitative estimate of drug-likeness (QED) is 0.694. The van der Waals surface area contributed by atoms with E-state index in [1.165, 1.54) is 18.9 Å². The lowest BCUT2D eigenvalue weighted by Crippen LogP contribution is -2.14. The lowest BCUT2D eigenvalue weighted by Gasteiger charge is -2.04. The largest absolute Gasteiger partial charge is 0.468 e. The van der Waals surface area contributed by atoms with Crippen LogP contribution in [0.15, 0.2) is 29.4 Å². The summed E-state index contributed by atoms with van der Waals surface area (Å²) in [6, 6.07) is 7.26. The van der Waals surface area contributed by atoms with Gasteiger partial charge in [0.25, 0.3) is 0 Å². The molecule has 0 aliphatic rings. The number of methoxy groups -OCH3 is 1. The minimum Gasteiger partial charge on any atom is -0.468 e.